The second kappa shape index (κ2) is 6.43. The van der Waals surface area contributed by atoms with Gasteiger partial charge in [0.05, 0.1) is 23.8 Å². The third-order valence-corrected chi connectivity index (χ3v) is 4.71. The van der Waals surface area contributed by atoms with Crippen molar-refractivity contribution < 1.29 is 17.9 Å². The van der Waals surface area contributed by atoms with Gasteiger partial charge in [-0.3, -0.25) is 0 Å². The second-order valence-electron chi connectivity index (χ2n) is 4.74. The number of rotatable bonds is 5. The molecule has 1 unspecified atom stereocenters. The Hall–Kier alpha value is -1.31. The molecule has 20 heavy (non-hydrogen) atoms. The van der Waals surface area contributed by atoms with E-state index in [0.29, 0.717) is 18.0 Å². The normalized spacial score (nSPS) is 19.8. The highest BCUT2D eigenvalue weighted by Gasteiger charge is 2.20. The van der Waals surface area contributed by atoms with Crippen LogP contribution in [0.25, 0.3) is 0 Å². The van der Waals surface area contributed by atoms with Gasteiger partial charge >= 0.3 is 0 Å². The Morgan fingerprint density at radius 3 is 2.85 bits per heavy atom. The van der Waals surface area contributed by atoms with E-state index in [1.165, 1.54) is 19.2 Å². The van der Waals surface area contributed by atoms with Crippen molar-refractivity contribution in [2.75, 3.05) is 26.0 Å². The Morgan fingerprint density at radius 1 is 1.45 bits per heavy atom. The Balaban J connectivity index is 2.04. The van der Waals surface area contributed by atoms with Crippen LogP contribution in [0.4, 0.5) is 5.69 Å². The molecule has 1 aliphatic rings. The van der Waals surface area contributed by atoms with E-state index >= 15 is 0 Å². The summed E-state index contributed by atoms with van der Waals surface area (Å²) in [5, 5.41) is 0. The number of hydrogen-bond donors (Lipinski definition) is 2. The van der Waals surface area contributed by atoms with Crippen molar-refractivity contribution >= 4 is 15.7 Å². The number of ether oxygens (including phenoxy) is 2. The average molecular weight is 300 g/mol. The van der Waals surface area contributed by atoms with Crippen molar-refractivity contribution in [2.45, 2.75) is 30.3 Å². The minimum Gasteiger partial charge on any atom is -0.495 e. The van der Waals surface area contributed by atoms with Gasteiger partial charge in [-0.05, 0) is 37.5 Å². The van der Waals surface area contributed by atoms with E-state index in [9.17, 15) is 8.42 Å². The highest BCUT2D eigenvalue weighted by Crippen LogP contribution is 2.24. The molecule has 0 amide bonds. The number of nitrogen functional groups attached to an aromatic ring is 1. The zero-order chi connectivity index (χ0) is 14.6. The largest absolute Gasteiger partial charge is 0.495 e. The van der Waals surface area contributed by atoms with Crippen molar-refractivity contribution in [3.63, 3.8) is 0 Å². The molecule has 112 valence electrons. The number of anilines is 1. The molecule has 1 aliphatic heterocycles. The number of sulfonamides is 1. The Bertz CT molecular complexity index is 553. The fourth-order valence-corrected chi connectivity index (χ4v) is 3.24. The van der Waals surface area contributed by atoms with Crippen LogP contribution in [0.2, 0.25) is 0 Å². The van der Waals surface area contributed by atoms with Gasteiger partial charge in [-0.2, -0.15) is 0 Å². The number of nitrogens with one attached hydrogen (secondary N) is 1. The van der Waals surface area contributed by atoms with Crippen molar-refractivity contribution in [3.8, 4) is 5.75 Å². The standard InChI is InChI=1S/C13H20N2O4S/c1-18-13-6-5-11(8-12(13)14)20(16,17)15-9-10-4-2-3-7-19-10/h5-6,8,10,15H,2-4,7,9,14H2,1H3. The first kappa shape index (κ1) is 15.1. The van der Waals surface area contributed by atoms with Crippen molar-refractivity contribution in [3.05, 3.63) is 18.2 Å². The van der Waals surface area contributed by atoms with Crippen LogP contribution >= 0.6 is 0 Å². The smallest absolute Gasteiger partial charge is 0.240 e. The molecule has 0 saturated carbocycles. The van der Waals surface area contributed by atoms with Gasteiger partial charge in [-0.25, -0.2) is 13.1 Å². The number of benzene rings is 1. The van der Waals surface area contributed by atoms with Gasteiger partial charge in [-0.15, -0.1) is 0 Å². The number of nitrogens with two attached hydrogens (primary N) is 1. The second-order valence-corrected chi connectivity index (χ2v) is 6.51. The van der Waals surface area contributed by atoms with Gasteiger partial charge in [-0.1, -0.05) is 0 Å². The van der Waals surface area contributed by atoms with Gasteiger partial charge < -0.3 is 15.2 Å². The summed E-state index contributed by atoms with van der Waals surface area (Å²) in [7, 11) is -2.09. The predicted octanol–water partition coefficient (Wildman–Crippen LogP) is 1.12. The maximum Gasteiger partial charge on any atom is 0.240 e. The molecular formula is C13H20N2O4S. The Morgan fingerprint density at radius 2 is 2.25 bits per heavy atom. The minimum absolute atomic E-state index is 0.0471. The summed E-state index contributed by atoms with van der Waals surface area (Å²) in [5.74, 6) is 0.458. The molecule has 0 bridgehead atoms. The topological polar surface area (TPSA) is 90.7 Å². The van der Waals surface area contributed by atoms with E-state index in [2.05, 4.69) is 4.72 Å². The molecule has 1 fully saturated rings. The first-order valence-electron chi connectivity index (χ1n) is 6.58. The van der Waals surface area contributed by atoms with Crippen LogP contribution in [0.3, 0.4) is 0 Å². The first-order chi connectivity index (χ1) is 9.53. The van der Waals surface area contributed by atoms with Crippen LogP contribution in [0.1, 0.15) is 19.3 Å². The molecule has 0 radical (unpaired) electrons. The van der Waals surface area contributed by atoms with Crippen LogP contribution in [0.15, 0.2) is 23.1 Å². The molecule has 1 atom stereocenters. The van der Waals surface area contributed by atoms with E-state index in [0.717, 1.165) is 19.3 Å². The van der Waals surface area contributed by atoms with Gasteiger partial charge in [0.25, 0.3) is 0 Å². The van der Waals surface area contributed by atoms with E-state index < -0.39 is 10.0 Å². The summed E-state index contributed by atoms with van der Waals surface area (Å²) in [5.41, 5.74) is 6.02. The third kappa shape index (κ3) is 3.62. The lowest BCUT2D eigenvalue weighted by Gasteiger charge is -2.22. The molecule has 0 aliphatic carbocycles. The van der Waals surface area contributed by atoms with Crippen molar-refractivity contribution in [2.24, 2.45) is 0 Å². The summed E-state index contributed by atoms with van der Waals surface area (Å²) < 4.78 is 37.4. The predicted molar refractivity (Wildman–Crippen MR) is 76.2 cm³/mol. The van der Waals surface area contributed by atoms with Crippen molar-refractivity contribution in [1.29, 1.82) is 0 Å². The van der Waals surface area contributed by atoms with E-state index in [-0.39, 0.29) is 17.5 Å². The zero-order valence-electron chi connectivity index (χ0n) is 11.5. The summed E-state index contributed by atoms with van der Waals surface area (Å²) in [6.07, 6.45) is 2.95. The molecule has 2 rings (SSSR count). The average Bonchev–Trinajstić information content (AvgIpc) is 2.46. The Labute approximate surface area is 119 Å². The molecule has 0 spiro atoms. The summed E-state index contributed by atoms with van der Waals surface area (Å²) in [4.78, 5) is 0.131. The molecular weight excluding hydrogens is 280 g/mol. The lowest BCUT2D eigenvalue weighted by Crippen LogP contribution is -2.35. The lowest BCUT2D eigenvalue weighted by atomic mass is 10.1. The highest BCUT2D eigenvalue weighted by atomic mass is 32.2. The summed E-state index contributed by atoms with van der Waals surface area (Å²) in [6, 6.07) is 4.41. The molecule has 7 heteroatoms. The maximum absolute atomic E-state index is 12.2. The maximum atomic E-state index is 12.2. The number of methoxy groups -OCH3 is 1. The van der Waals surface area contributed by atoms with E-state index in [1.54, 1.807) is 6.07 Å². The molecule has 1 saturated heterocycles. The van der Waals surface area contributed by atoms with Crippen LogP contribution in [-0.4, -0.2) is 34.8 Å². The monoisotopic (exact) mass is 300 g/mol. The quantitative estimate of drug-likeness (QED) is 0.795. The minimum atomic E-state index is -3.57. The molecule has 3 N–H and O–H groups in total. The zero-order valence-corrected chi connectivity index (χ0v) is 12.3. The summed E-state index contributed by atoms with van der Waals surface area (Å²) >= 11 is 0. The van der Waals surface area contributed by atoms with Gasteiger partial charge in [0.15, 0.2) is 0 Å². The lowest BCUT2D eigenvalue weighted by molar-refractivity contribution is 0.0200. The Kier molecular flexibility index (Phi) is 4.85. The molecule has 6 nitrogen and oxygen atoms in total. The third-order valence-electron chi connectivity index (χ3n) is 3.29. The first-order valence-corrected chi connectivity index (χ1v) is 8.06. The fourth-order valence-electron chi connectivity index (χ4n) is 2.13. The molecule has 0 aromatic heterocycles. The van der Waals surface area contributed by atoms with Gasteiger partial charge in [0.1, 0.15) is 5.75 Å². The van der Waals surface area contributed by atoms with Crippen LogP contribution in [0.5, 0.6) is 5.75 Å². The van der Waals surface area contributed by atoms with Crippen LogP contribution in [-0.2, 0) is 14.8 Å². The highest BCUT2D eigenvalue weighted by molar-refractivity contribution is 7.89. The van der Waals surface area contributed by atoms with Gasteiger partial charge in [0, 0.05) is 13.2 Å². The van der Waals surface area contributed by atoms with E-state index in [1.807, 2.05) is 0 Å². The van der Waals surface area contributed by atoms with Gasteiger partial charge in [0.2, 0.25) is 10.0 Å². The number of hydrogen-bond acceptors (Lipinski definition) is 5. The molecule has 1 aromatic rings. The van der Waals surface area contributed by atoms with E-state index in [4.69, 9.17) is 15.2 Å². The fraction of sp³-hybridized carbons (Fsp3) is 0.538. The van der Waals surface area contributed by atoms with Crippen molar-refractivity contribution in [1.82, 2.24) is 4.72 Å². The summed E-state index contributed by atoms with van der Waals surface area (Å²) in [6.45, 7) is 0.982. The molecule has 1 aromatic carbocycles. The SMILES string of the molecule is COc1ccc(S(=O)(=O)NCC2CCCCO2)cc1N. The van der Waals surface area contributed by atoms with Crippen LogP contribution < -0.4 is 15.2 Å². The molecule has 1 heterocycles. The van der Waals surface area contributed by atoms with Crippen LogP contribution in [0, 0.1) is 0 Å².